The molecule has 0 radical (unpaired) electrons. The predicted octanol–water partition coefficient (Wildman–Crippen LogP) is 4.23. The van der Waals surface area contributed by atoms with Crippen molar-refractivity contribution in [2.45, 2.75) is 39.7 Å². The van der Waals surface area contributed by atoms with E-state index in [0.717, 1.165) is 12.0 Å². The Morgan fingerprint density at radius 1 is 1.00 bits per heavy atom. The quantitative estimate of drug-likeness (QED) is 0.772. The van der Waals surface area contributed by atoms with Crippen LogP contribution in [0.1, 0.15) is 54.7 Å². The van der Waals surface area contributed by atoms with Crippen molar-refractivity contribution in [3.8, 4) is 6.07 Å². The Labute approximate surface area is 160 Å². The van der Waals surface area contributed by atoms with Crippen molar-refractivity contribution in [1.29, 1.82) is 5.26 Å². The lowest BCUT2D eigenvalue weighted by Crippen LogP contribution is -2.26. The molecule has 0 heterocycles. The van der Waals surface area contributed by atoms with Crippen molar-refractivity contribution >= 4 is 17.5 Å². The fourth-order valence-electron chi connectivity index (χ4n) is 2.76. The Morgan fingerprint density at radius 2 is 1.63 bits per heavy atom. The standard InChI is InChI=1S/C22H25N3O2/c1-15(2)14-17-4-6-18(7-5-17)16(3)24-22(27)19-8-10-20(11-9-19)25-21(26)12-13-23/h4-11,15-16H,12,14H2,1-3H3,(H,24,27)(H,25,26)/t16-/m1/s1. The van der Waals surface area contributed by atoms with Crippen molar-refractivity contribution in [2.24, 2.45) is 5.92 Å². The highest BCUT2D eigenvalue weighted by molar-refractivity contribution is 5.96. The molecule has 140 valence electrons. The van der Waals surface area contributed by atoms with E-state index in [1.54, 1.807) is 30.3 Å². The second-order valence-electron chi connectivity index (χ2n) is 7.00. The molecular formula is C22H25N3O2. The van der Waals surface area contributed by atoms with Crippen molar-refractivity contribution in [3.05, 3.63) is 65.2 Å². The number of anilines is 1. The Bertz CT molecular complexity index is 818. The number of benzene rings is 2. The molecule has 0 unspecified atom stereocenters. The molecule has 0 aliphatic rings. The van der Waals surface area contributed by atoms with Crippen LogP contribution in [0.5, 0.6) is 0 Å². The SMILES string of the molecule is CC(C)Cc1ccc([C@@H](C)NC(=O)c2ccc(NC(=O)CC#N)cc2)cc1. The summed E-state index contributed by atoms with van der Waals surface area (Å²) in [6, 6.07) is 16.6. The van der Waals surface area contributed by atoms with Gasteiger partial charge in [0.2, 0.25) is 5.91 Å². The van der Waals surface area contributed by atoms with Crippen LogP contribution >= 0.6 is 0 Å². The number of hydrogen-bond acceptors (Lipinski definition) is 3. The van der Waals surface area contributed by atoms with Gasteiger partial charge in [0, 0.05) is 11.3 Å². The third-order valence-corrected chi connectivity index (χ3v) is 4.14. The minimum Gasteiger partial charge on any atom is -0.346 e. The van der Waals surface area contributed by atoms with Gasteiger partial charge in [0.05, 0.1) is 12.1 Å². The topological polar surface area (TPSA) is 82.0 Å². The molecule has 2 aromatic rings. The van der Waals surface area contributed by atoms with Gasteiger partial charge in [0.25, 0.3) is 5.91 Å². The van der Waals surface area contributed by atoms with Gasteiger partial charge in [-0.05, 0) is 54.7 Å². The van der Waals surface area contributed by atoms with Crippen LogP contribution in [-0.4, -0.2) is 11.8 Å². The molecule has 1 atom stereocenters. The number of carbonyl (C=O) groups excluding carboxylic acids is 2. The summed E-state index contributed by atoms with van der Waals surface area (Å²) in [6.07, 6.45) is 0.841. The van der Waals surface area contributed by atoms with Crippen LogP contribution in [0.15, 0.2) is 48.5 Å². The second-order valence-corrected chi connectivity index (χ2v) is 7.00. The van der Waals surface area contributed by atoms with Crippen LogP contribution in [0.3, 0.4) is 0 Å². The maximum absolute atomic E-state index is 12.4. The summed E-state index contributed by atoms with van der Waals surface area (Å²) in [5.74, 6) is 0.0635. The second kappa shape index (κ2) is 9.54. The number of nitrogens with one attached hydrogen (secondary N) is 2. The Kier molecular flexibility index (Phi) is 7.13. The molecule has 2 aromatic carbocycles. The van der Waals surface area contributed by atoms with E-state index >= 15 is 0 Å². The molecule has 2 N–H and O–H groups in total. The lowest BCUT2D eigenvalue weighted by molar-refractivity contribution is -0.115. The molecule has 0 fully saturated rings. The molecular weight excluding hydrogens is 338 g/mol. The van der Waals surface area contributed by atoms with E-state index in [0.29, 0.717) is 17.2 Å². The minimum absolute atomic E-state index is 0.111. The van der Waals surface area contributed by atoms with E-state index in [2.05, 4.69) is 48.7 Å². The van der Waals surface area contributed by atoms with Crippen LogP contribution in [0.25, 0.3) is 0 Å². The van der Waals surface area contributed by atoms with Gasteiger partial charge >= 0.3 is 0 Å². The van der Waals surface area contributed by atoms with E-state index < -0.39 is 0 Å². The molecule has 0 aromatic heterocycles. The maximum atomic E-state index is 12.4. The summed E-state index contributed by atoms with van der Waals surface area (Å²) in [5.41, 5.74) is 3.41. The van der Waals surface area contributed by atoms with E-state index in [9.17, 15) is 9.59 Å². The lowest BCUT2D eigenvalue weighted by atomic mass is 10.00. The van der Waals surface area contributed by atoms with Crippen molar-refractivity contribution in [1.82, 2.24) is 5.32 Å². The van der Waals surface area contributed by atoms with Gasteiger partial charge in [-0.3, -0.25) is 9.59 Å². The van der Waals surface area contributed by atoms with Gasteiger partial charge in [-0.2, -0.15) is 5.26 Å². The van der Waals surface area contributed by atoms with Gasteiger partial charge in [-0.15, -0.1) is 0 Å². The van der Waals surface area contributed by atoms with Gasteiger partial charge in [-0.25, -0.2) is 0 Å². The molecule has 0 saturated heterocycles. The first-order chi connectivity index (χ1) is 12.9. The summed E-state index contributed by atoms with van der Waals surface area (Å²) < 4.78 is 0. The Balaban J connectivity index is 1.95. The molecule has 2 rings (SSSR count). The summed E-state index contributed by atoms with van der Waals surface area (Å²) in [4.78, 5) is 23.8. The van der Waals surface area contributed by atoms with Gasteiger partial charge in [-0.1, -0.05) is 38.1 Å². The smallest absolute Gasteiger partial charge is 0.251 e. The highest BCUT2D eigenvalue weighted by atomic mass is 16.2. The van der Waals surface area contributed by atoms with Gasteiger partial charge < -0.3 is 10.6 Å². The molecule has 0 bridgehead atoms. The zero-order chi connectivity index (χ0) is 19.8. The summed E-state index contributed by atoms with van der Waals surface area (Å²) >= 11 is 0. The first kappa shape index (κ1) is 20.2. The third kappa shape index (κ3) is 6.27. The van der Waals surface area contributed by atoms with Crippen molar-refractivity contribution in [2.75, 3.05) is 5.32 Å². The Hall–Kier alpha value is -3.13. The monoisotopic (exact) mass is 363 g/mol. The van der Waals surface area contributed by atoms with Gasteiger partial charge in [0.15, 0.2) is 0 Å². The van der Waals surface area contributed by atoms with Crippen LogP contribution in [0.2, 0.25) is 0 Å². The molecule has 5 nitrogen and oxygen atoms in total. The molecule has 27 heavy (non-hydrogen) atoms. The first-order valence-corrected chi connectivity index (χ1v) is 9.05. The number of nitriles is 1. The number of amides is 2. The van der Waals surface area contributed by atoms with Crippen LogP contribution < -0.4 is 10.6 Å². The van der Waals surface area contributed by atoms with Crippen LogP contribution in [0, 0.1) is 17.2 Å². The summed E-state index contributed by atoms with van der Waals surface area (Å²) in [7, 11) is 0. The van der Waals surface area contributed by atoms with E-state index in [-0.39, 0.29) is 24.3 Å². The van der Waals surface area contributed by atoms with Gasteiger partial charge in [0.1, 0.15) is 6.42 Å². The number of nitrogens with zero attached hydrogens (tertiary/aromatic N) is 1. The first-order valence-electron chi connectivity index (χ1n) is 9.05. The fraction of sp³-hybridized carbons (Fsp3) is 0.318. The molecule has 2 amide bonds. The zero-order valence-electron chi connectivity index (χ0n) is 16.0. The van der Waals surface area contributed by atoms with Crippen molar-refractivity contribution in [3.63, 3.8) is 0 Å². The zero-order valence-corrected chi connectivity index (χ0v) is 16.0. The molecule has 0 saturated carbocycles. The Morgan fingerprint density at radius 3 is 2.19 bits per heavy atom. The highest BCUT2D eigenvalue weighted by Gasteiger charge is 2.12. The molecule has 0 aliphatic carbocycles. The maximum Gasteiger partial charge on any atom is 0.251 e. The normalized spacial score (nSPS) is 11.5. The van der Waals surface area contributed by atoms with Crippen LogP contribution in [-0.2, 0) is 11.2 Å². The molecule has 0 spiro atoms. The van der Waals surface area contributed by atoms with E-state index in [1.807, 2.05) is 6.92 Å². The van der Waals surface area contributed by atoms with E-state index in [1.165, 1.54) is 5.56 Å². The minimum atomic E-state index is -0.371. The summed E-state index contributed by atoms with van der Waals surface area (Å²) in [5, 5.41) is 14.1. The number of rotatable bonds is 7. The van der Waals surface area contributed by atoms with E-state index in [4.69, 9.17) is 5.26 Å². The number of hydrogen-bond donors (Lipinski definition) is 2. The van der Waals surface area contributed by atoms with Crippen molar-refractivity contribution < 1.29 is 9.59 Å². The summed E-state index contributed by atoms with van der Waals surface area (Å²) in [6.45, 7) is 6.33. The third-order valence-electron chi connectivity index (χ3n) is 4.14. The molecule has 5 heteroatoms. The lowest BCUT2D eigenvalue weighted by Gasteiger charge is -2.15. The largest absolute Gasteiger partial charge is 0.346 e. The predicted molar refractivity (Wildman–Crippen MR) is 106 cm³/mol. The average molecular weight is 363 g/mol. The molecule has 0 aliphatic heterocycles. The fourth-order valence-corrected chi connectivity index (χ4v) is 2.76. The number of carbonyl (C=O) groups is 2. The van der Waals surface area contributed by atoms with Crippen LogP contribution in [0.4, 0.5) is 5.69 Å². The highest BCUT2D eigenvalue weighted by Crippen LogP contribution is 2.17. The average Bonchev–Trinajstić information content (AvgIpc) is 2.62.